The van der Waals surface area contributed by atoms with Crippen molar-refractivity contribution in [2.45, 2.75) is 39.2 Å². The number of hydrogen-bond donors (Lipinski definition) is 1. The van der Waals surface area contributed by atoms with Crippen LogP contribution in [0.15, 0.2) is 22.7 Å². The van der Waals surface area contributed by atoms with E-state index in [1.807, 2.05) is 0 Å². The van der Waals surface area contributed by atoms with Crippen LogP contribution in [-0.2, 0) is 0 Å². The van der Waals surface area contributed by atoms with Crippen LogP contribution in [0.2, 0.25) is 0 Å². The molecule has 0 aliphatic carbocycles. The highest BCUT2D eigenvalue weighted by Gasteiger charge is 2.20. The van der Waals surface area contributed by atoms with E-state index in [1.165, 1.54) is 41.5 Å². The molecule has 1 aliphatic rings. The number of piperidine rings is 1. The summed E-state index contributed by atoms with van der Waals surface area (Å²) in [5, 5.41) is 3.65. The molecule has 1 aromatic carbocycles. The van der Waals surface area contributed by atoms with Crippen LogP contribution in [0.5, 0.6) is 0 Å². The molecule has 3 heteroatoms. The fourth-order valence-electron chi connectivity index (χ4n) is 2.65. The van der Waals surface area contributed by atoms with Gasteiger partial charge in [0, 0.05) is 29.3 Å². The van der Waals surface area contributed by atoms with Crippen molar-refractivity contribution in [1.29, 1.82) is 0 Å². The Morgan fingerprint density at radius 2 is 2.28 bits per heavy atom. The van der Waals surface area contributed by atoms with Crippen LogP contribution in [0.25, 0.3) is 0 Å². The van der Waals surface area contributed by atoms with Gasteiger partial charge >= 0.3 is 0 Å². The van der Waals surface area contributed by atoms with E-state index in [0.717, 1.165) is 13.1 Å². The lowest BCUT2D eigenvalue weighted by Gasteiger charge is -2.36. The van der Waals surface area contributed by atoms with Gasteiger partial charge in [0.05, 0.1) is 0 Å². The highest BCUT2D eigenvalue weighted by molar-refractivity contribution is 9.10. The van der Waals surface area contributed by atoms with E-state index in [-0.39, 0.29) is 0 Å². The summed E-state index contributed by atoms with van der Waals surface area (Å²) in [6.45, 7) is 7.88. The fourth-order valence-corrected chi connectivity index (χ4v) is 3.01. The molecular formula is C15H23BrN2. The second-order valence-electron chi connectivity index (χ2n) is 5.12. The molecule has 1 saturated heterocycles. The quantitative estimate of drug-likeness (QED) is 0.911. The fraction of sp³-hybridized carbons (Fsp3) is 0.600. The molecule has 2 nitrogen and oxygen atoms in total. The van der Waals surface area contributed by atoms with Gasteiger partial charge in [0.25, 0.3) is 0 Å². The normalized spacial score (nSPS) is 20.2. The Balaban J connectivity index is 2.06. The first kappa shape index (κ1) is 13.9. The average molecular weight is 311 g/mol. The zero-order chi connectivity index (χ0) is 13.0. The Labute approximate surface area is 119 Å². The molecule has 100 valence electrons. The zero-order valence-electron chi connectivity index (χ0n) is 11.4. The molecule has 1 unspecified atom stereocenters. The molecule has 0 amide bonds. The minimum Gasteiger partial charge on any atom is -0.370 e. The van der Waals surface area contributed by atoms with Gasteiger partial charge in [0.15, 0.2) is 0 Å². The van der Waals surface area contributed by atoms with E-state index < -0.39 is 0 Å². The Morgan fingerprint density at radius 3 is 3.06 bits per heavy atom. The molecule has 0 radical (unpaired) electrons. The molecule has 2 rings (SSSR count). The van der Waals surface area contributed by atoms with Gasteiger partial charge in [0.2, 0.25) is 0 Å². The summed E-state index contributed by atoms with van der Waals surface area (Å²) >= 11 is 3.63. The second kappa shape index (κ2) is 6.58. The zero-order valence-corrected chi connectivity index (χ0v) is 13.0. The van der Waals surface area contributed by atoms with E-state index in [4.69, 9.17) is 0 Å². The molecule has 1 fully saturated rings. The maximum absolute atomic E-state index is 3.65. The lowest BCUT2D eigenvalue weighted by atomic mass is 10.0. The van der Waals surface area contributed by atoms with Gasteiger partial charge in [0.1, 0.15) is 0 Å². The summed E-state index contributed by atoms with van der Waals surface area (Å²) in [7, 11) is 0. The van der Waals surface area contributed by atoms with Gasteiger partial charge in [-0.25, -0.2) is 0 Å². The van der Waals surface area contributed by atoms with Crippen molar-refractivity contribution in [2.75, 3.05) is 24.5 Å². The smallest absolute Gasteiger partial charge is 0.0407 e. The first-order valence-electron chi connectivity index (χ1n) is 6.95. The largest absolute Gasteiger partial charge is 0.370 e. The molecule has 1 aromatic rings. The number of halogens is 1. The lowest BCUT2D eigenvalue weighted by molar-refractivity contribution is 0.423. The van der Waals surface area contributed by atoms with Crippen molar-refractivity contribution in [3.8, 4) is 0 Å². The molecule has 1 aliphatic heterocycles. The highest BCUT2D eigenvalue weighted by Crippen LogP contribution is 2.28. The third-order valence-electron chi connectivity index (χ3n) is 3.68. The first-order valence-corrected chi connectivity index (χ1v) is 7.75. The predicted molar refractivity (Wildman–Crippen MR) is 82.4 cm³/mol. The predicted octanol–water partition coefficient (Wildman–Crippen LogP) is 3.73. The van der Waals surface area contributed by atoms with Crippen molar-refractivity contribution >= 4 is 21.6 Å². The van der Waals surface area contributed by atoms with Crippen LogP contribution in [0.4, 0.5) is 5.69 Å². The van der Waals surface area contributed by atoms with Crippen LogP contribution in [0.1, 0.15) is 31.7 Å². The summed E-state index contributed by atoms with van der Waals surface area (Å²) < 4.78 is 1.21. The Kier molecular flexibility index (Phi) is 5.07. The third kappa shape index (κ3) is 3.27. The number of hydrogen-bond acceptors (Lipinski definition) is 2. The van der Waals surface area contributed by atoms with E-state index in [2.05, 4.69) is 58.2 Å². The monoisotopic (exact) mass is 310 g/mol. The number of nitrogens with zero attached hydrogens (tertiary/aromatic N) is 1. The molecule has 0 spiro atoms. The lowest BCUT2D eigenvalue weighted by Crippen LogP contribution is -2.46. The average Bonchev–Trinajstić information content (AvgIpc) is 2.40. The molecule has 1 atom stereocenters. The van der Waals surface area contributed by atoms with Crippen LogP contribution in [0, 0.1) is 6.92 Å². The maximum atomic E-state index is 3.65. The van der Waals surface area contributed by atoms with Gasteiger partial charge in [-0.15, -0.1) is 0 Å². The Bertz CT molecular complexity index is 392. The standard InChI is InChI=1S/C15H23BrN2/c1-3-9-17-13-6-5-10-18(11-13)15-8-4-7-14(16)12(15)2/h4,7-8,13,17H,3,5-6,9-11H2,1-2H3. The Hall–Kier alpha value is -0.540. The van der Waals surface area contributed by atoms with E-state index in [1.54, 1.807) is 0 Å². The molecule has 1 heterocycles. The SMILES string of the molecule is CCCNC1CCCN(c2cccc(Br)c2C)C1. The summed E-state index contributed by atoms with van der Waals surface area (Å²) in [6.07, 6.45) is 3.81. The molecule has 0 aromatic heterocycles. The summed E-state index contributed by atoms with van der Waals surface area (Å²) in [5.41, 5.74) is 2.74. The van der Waals surface area contributed by atoms with Crippen LogP contribution in [-0.4, -0.2) is 25.7 Å². The van der Waals surface area contributed by atoms with Crippen LogP contribution >= 0.6 is 15.9 Å². The van der Waals surface area contributed by atoms with Crippen LogP contribution < -0.4 is 10.2 Å². The minimum atomic E-state index is 0.650. The maximum Gasteiger partial charge on any atom is 0.0407 e. The number of anilines is 1. The van der Waals surface area contributed by atoms with E-state index in [9.17, 15) is 0 Å². The van der Waals surface area contributed by atoms with Gasteiger partial charge < -0.3 is 10.2 Å². The van der Waals surface area contributed by atoms with Crippen LogP contribution in [0.3, 0.4) is 0 Å². The number of rotatable bonds is 4. The topological polar surface area (TPSA) is 15.3 Å². The van der Waals surface area contributed by atoms with Gasteiger partial charge in [-0.2, -0.15) is 0 Å². The third-order valence-corrected chi connectivity index (χ3v) is 4.54. The second-order valence-corrected chi connectivity index (χ2v) is 5.98. The van der Waals surface area contributed by atoms with Crippen molar-refractivity contribution in [1.82, 2.24) is 5.32 Å². The van der Waals surface area contributed by atoms with E-state index >= 15 is 0 Å². The van der Waals surface area contributed by atoms with Crippen molar-refractivity contribution in [3.63, 3.8) is 0 Å². The Morgan fingerprint density at radius 1 is 1.44 bits per heavy atom. The number of benzene rings is 1. The van der Waals surface area contributed by atoms with Crippen molar-refractivity contribution in [2.24, 2.45) is 0 Å². The van der Waals surface area contributed by atoms with Gasteiger partial charge in [-0.1, -0.05) is 28.9 Å². The van der Waals surface area contributed by atoms with E-state index in [0.29, 0.717) is 6.04 Å². The van der Waals surface area contributed by atoms with Crippen molar-refractivity contribution in [3.05, 3.63) is 28.2 Å². The number of nitrogens with one attached hydrogen (secondary N) is 1. The summed E-state index contributed by atoms with van der Waals surface area (Å²) in [5.74, 6) is 0. The molecule has 0 bridgehead atoms. The molecule has 1 N–H and O–H groups in total. The summed E-state index contributed by atoms with van der Waals surface area (Å²) in [6, 6.07) is 7.14. The highest BCUT2D eigenvalue weighted by atomic mass is 79.9. The molecule has 0 saturated carbocycles. The van der Waals surface area contributed by atoms with Crippen molar-refractivity contribution < 1.29 is 0 Å². The minimum absolute atomic E-state index is 0.650. The van der Waals surface area contributed by atoms with Gasteiger partial charge in [-0.05, 0) is 50.4 Å². The molecule has 18 heavy (non-hydrogen) atoms. The van der Waals surface area contributed by atoms with Gasteiger partial charge in [-0.3, -0.25) is 0 Å². The summed E-state index contributed by atoms with van der Waals surface area (Å²) in [4.78, 5) is 2.52. The molecular weight excluding hydrogens is 288 g/mol. The first-order chi connectivity index (χ1) is 8.72.